The molecule has 0 unspecified atom stereocenters. The number of nitrogens with zero attached hydrogens (tertiary/aromatic N) is 3. The van der Waals surface area contributed by atoms with E-state index in [0.29, 0.717) is 6.04 Å². The number of hydrogen-bond acceptors (Lipinski definition) is 3. The first kappa shape index (κ1) is 17.9. The van der Waals surface area contributed by atoms with Gasteiger partial charge in [-0.15, -0.1) is 0 Å². The summed E-state index contributed by atoms with van der Waals surface area (Å²) in [7, 11) is 0. The van der Waals surface area contributed by atoms with Gasteiger partial charge in [0, 0.05) is 56.7 Å². The number of para-hydroxylation sites is 2. The lowest BCUT2D eigenvalue weighted by molar-refractivity contribution is 0.0578. The molecule has 27 heavy (non-hydrogen) atoms. The lowest BCUT2D eigenvalue weighted by Crippen LogP contribution is -2.64. The van der Waals surface area contributed by atoms with Crippen molar-refractivity contribution in [2.75, 3.05) is 49.5 Å². The van der Waals surface area contributed by atoms with Crippen LogP contribution in [0, 0.1) is 13.8 Å². The largest absolute Gasteiger partial charge is 0.369 e. The lowest BCUT2D eigenvalue weighted by Gasteiger charge is -2.48. The minimum atomic E-state index is 0.0200. The monoisotopic (exact) mass is 364 g/mol. The number of carbonyl (C=O) groups excluding carboxylic acids is 1. The van der Waals surface area contributed by atoms with Crippen molar-refractivity contribution in [3.63, 3.8) is 0 Å². The molecule has 1 N–H and O–H groups in total. The second kappa shape index (κ2) is 7.61. The van der Waals surface area contributed by atoms with E-state index in [-0.39, 0.29) is 6.03 Å². The summed E-state index contributed by atoms with van der Waals surface area (Å²) in [5, 5.41) is 3.09. The van der Waals surface area contributed by atoms with Gasteiger partial charge in [0.05, 0.1) is 0 Å². The number of nitrogens with one attached hydrogen (secondary N) is 1. The minimum absolute atomic E-state index is 0.0200. The van der Waals surface area contributed by atoms with Gasteiger partial charge in [0.1, 0.15) is 0 Å². The van der Waals surface area contributed by atoms with Gasteiger partial charge in [0.25, 0.3) is 0 Å². The van der Waals surface area contributed by atoms with Crippen molar-refractivity contribution < 1.29 is 4.79 Å². The van der Waals surface area contributed by atoms with Crippen molar-refractivity contribution in [1.29, 1.82) is 0 Å². The predicted octanol–water partition coefficient (Wildman–Crippen LogP) is 3.34. The van der Waals surface area contributed by atoms with Crippen LogP contribution in [0.4, 0.5) is 16.2 Å². The Hall–Kier alpha value is -2.53. The highest BCUT2D eigenvalue weighted by Crippen LogP contribution is 2.23. The van der Waals surface area contributed by atoms with Crippen molar-refractivity contribution in [1.82, 2.24) is 9.80 Å². The van der Waals surface area contributed by atoms with E-state index < -0.39 is 0 Å². The Kier molecular flexibility index (Phi) is 5.03. The quantitative estimate of drug-likeness (QED) is 0.908. The fourth-order valence-electron chi connectivity index (χ4n) is 4.03. The molecule has 0 aromatic heterocycles. The summed E-state index contributed by atoms with van der Waals surface area (Å²) in [6.07, 6.45) is 0. The van der Waals surface area contributed by atoms with E-state index >= 15 is 0 Å². The number of benzene rings is 2. The summed E-state index contributed by atoms with van der Waals surface area (Å²) in [5.41, 5.74) is 4.47. The van der Waals surface area contributed by atoms with E-state index in [9.17, 15) is 4.79 Å². The molecule has 2 aromatic carbocycles. The highest BCUT2D eigenvalue weighted by atomic mass is 16.2. The van der Waals surface area contributed by atoms with Gasteiger partial charge in [-0.1, -0.05) is 36.4 Å². The molecule has 2 aliphatic heterocycles. The highest BCUT2D eigenvalue weighted by Gasteiger charge is 2.36. The number of carbonyl (C=O) groups is 1. The molecular weight excluding hydrogens is 336 g/mol. The average molecular weight is 364 g/mol. The van der Waals surface area contributed by atoms with Gasteiger partial charge in [-0.3, -0.25) is 4.90 Å². The van der Waals surface area contributed by atoms with Crippen LogP contribution in [0.25, 0.3) is 0 Å². The zero-order valence-electron chi connectivity index (χ0n) is 16.2. The van der Waals surface area contributed by atoms with E-state index in [1.54, 1.807) is 0 Å². The topological polar surface area (TPSA) is 38.8 Å². The maximum absolute atomic E-state index is 12.6. The summed E-state index contributed by atoms with van der Waals surface area (Å²) < 4.78 is 0. The lowest BCUT2D eigenvalue weighted by atomic mass is 10.1. The fraction of sp³-hybridized carbons (Fsp3) is 0.409. The normalized spacial score (nSPS) is 18.3. The van der Waals surface area contributed by atoms with E-state index in [4.69, 9.17) is 0 Å². The molecule has 142 valence electrons. The summed E-state index contributed by atoms with van der Waals surface area (Å²) >= 11 is 0. The van der Waals surface area contributed by atoms with E-state index in [2.05, 4.69) is 45.4 Å². The van der Waals surface area contributed by atoms with Crippen molar-refractivity contribution in [3.8, 4) is 0 Å². The van der Waals surface area contributed by atoms with Crippen LogP contribution in [0.15, 0.2) is 48.5 Å². The molecule has 0 atom stereocenters. The van der Waals surface area contributed by atoms with Gasteiger partial charge in [-0.05, 0) is 37.1 Å². The Balaban J connectivity index is 1.26. The van der Waals surface area contributed by atoms with Crippen molar-refractivity contribution in [3.05, 3.63) is 59.7 Å². The van der Waals surface area contributed by atoms with E-state index in [1.165, 1.54) is 5.69 Å². The fourth-order valence-corrected chi connectivity index (χ4v) is 4.03. The Labute approximate surface area is 161 Å². The van der Waals surface area contributed by atoms with Crippen molar-refractivity contribution >= 4 is 17.4 Å². The van der Waals surface area contributed by atoms with Crippen LogP contribution in [0.2, 0.25) is 0 Å². The van der Waals surface area contributed by atoms with Gasteiger partial charge in [-0.2, -0.15) is 0 Å². The minimum Gasteiger partial charge on any atom is -0.369 e. The van der Waals surface area contributed by atoms with Crippen LogP contribution < -0.4 is 10.2 Å². The zero-order valence-corrected chi connectivity index (χ0v) is 16.2. The van der Waals surface area contributed by atoms with Crippen molar-refractivity contribution in [2.45, 2.75) is 19.9 Å². The van der Waals surface area contributed by atoms with Gasteiger partial charge >= 0.3 is 6.03 Å². The van der Waals surface area contributed by atoms with Crippen LogP contribution >= 0.6 is 0 Å². The van der Waals surface area contributed by atoms with Gasteiger partial charge < -0.3 is 15.1 Å². The van der Waals surface area contributed by atoms with Gasteiger partial charge in [0.2, 0.25) is 0 Å². The molecule has 2 amide bonds. The Morgan fingerprint density at radius 2 is 1.52 bits per heavy atom. The maximum atomic E-state index is 12.6. The van der Waals surface area contributed by atoms with Crippen LogP contribution in [0.3, 0.4) is 0 Å². The summed E-state index contributed by atoms with van der Waals surface area (Å²) in [6, 6.07) is 17.2. The number of aryl methyl sites for hydroxylation is 2. The molecule has 2 aromatic rings. The average Bonchev–Trinajstić information content (AvgIpc) is 2.65. The SMILES string of the molecule is Cc1cccc(C)c1NC(=O)N1CC(N2CCN(c3ccccc3)CC2)C1. The smallest absolute Gasteiger partial charge is 0.321 e. The van der Waals surface area contributed by atoms with E-state index in [0.717, 1.165) is 56.1 Å². The van der Waals surface area contributed by atoms with Crippen LogP contribution in [-0.4, -0.2) is 61.1 Å². The van der Waals surface area contributed by atoms with Crippen LogP contribution in [0.5, 0.6) is 0 Å². The van der Waals surface area contributed by atoms with Crippen LogP contribution in [-0.2, 0) is 0 Å². The van der Waals surface area contributed by atoms with E-state index in [1.807, 2.05) is 36.9 Å². The van der Waals surface area contributed by atoms with Gasteiger partial charge in [-0.25, -0.2) is 4.79 Å². The summed E-state index contributed by atoms with van der Waals surface area (Å²) in [5.74, 6) is 0. The molecule has 5 heteroatoms. The summed E-state index contributed by atoms with van der Waals surface area (Å²) in [4.78, 5) is 19.4. The number of likely N-dealkylation sites (tertiary alicyclic amines) is 1. The third-order valence-corrected chi connectivity index (χ3v) is 5.81. The molecule has 2 aliphatic rings. The molecule has 0 spiro atoms. The second-order valence-electron chi connectivity index (χ2n) is 7.61. The van der Waals surface area contributed by atoms with Crippen LogP contribution in [0.1, 0.15) is 11.1 Å². The second-order valence-corrected chi connectivity index (χ2v) is 7.61. The molecular formula is C22H28N4O. The number of piperazine rings is 1. The number of anilines is 2. The number of urea groups is 1. The number of amides is 2. The molecule has 4 rings (SSSR count). The standard InChI is InChI=1S/C22H28N4O/c1-17-7-6-8-18(2)21(17)23-22(27)26-15-20(16-26)25-13-11-24(12-14-25)19-9-4-3-5-10-19/h3-10,20H,11-16H2,1-2H3,(H,23,27). The molecule has 2 saturated heterocycles. The maximum Gasteiger partial charge on any atom is 0.321 e. The molecule has 0 radical (unpaired) electrons. The highest BCUT2D eigenvalue weighted by molar-refractivity contribution is 5.91. The first-order valence-corrected chi connectivity index (χ1v) is 9.78. The molecule has 5 nitrogen and oxygen atoms in total. The third-order valence-electron chi connectivity index (χ3n) is 5.81. The summed E-state index contributed by atoms with van der Waals surface area (Å²) in [6.45, 7) is 9.94. The molecule has 2 heterocycles. The molecule has 0 bridgehead atoms. The first-order chi connectivity index (χ1) is 13.1. The molecule has 0 saturated carbocycles. The Bertz CT molecular complexity index is 773. The number of rotatable bonds is 3. The first-order valence-electron chi connectivity index (χ1n) is 9.78. The predicted molar refractivity (Wildman–Crippen MR) is 111 cm³/mol. The third kappa shape index (κ3) is 3.78. The number of hydrogen-bond donors (Lipinski definition) is 1. The van der Waals surface area contributed by atoms with Crippen molar-refractivity contribution in [2.24, 2.45) is 0 Å². The molecule has 2 fully saturated rings. The molecule has 0 aliphatic carbocycles. The zero-order chi connectivity index (χ0) is 18.8. The Morgan fingerprint density at radius 3 is 2.15 bits per heavy atom. The van der Waals surface area contributed by atoms with Gasteiger partial charge in [0.15, 0.2) is 0 Å². The Morgan fingerprint density at radius 1 is 0.889 bits per heavy atom.